The van der Waals surface area contributed by atoms with E-state index in [1.165, 1.54) is 38.9 Å². The molecule has 0 bridgehead atoms. The van der Waals surface area contributed by atoms with E-state index in [4.69, 9.17) is 0 Å². The second-order valence-electron chi connectivity index (χ2n) is 13.5. The first kappa shape index (κ1) is 33.1. The molecule has 3 aromatic heterocycles. The summed E-state index contributed by atoms with van der Waals surface area (Å²) in [6.07, 6.45) is 6.73. The van der Waals surface area contributed by atoms with Gasteiger partial charge in [0.05, 0.1) is 0 Å². The molecule has 3 aromatic carbocycles. The summed E-state index contributed by atoms with van der Waals surface area (Å²) in [5, 5.41) is 0. The molecule has 7 rings (SSSR count). The van der Waals surface area contributed by atoms with Gasteiger partial charge < -0.3 is 15.0 Å². The third kappa shape index (κ3) is 7.09. The van der Waals surface area contributed by atoms with Gasteiger partial charge >= 0.3 is 0 Å². The molecular weight excluding hydrogens is 739 g/mol. The molecule has 0 N–H and O–H groups in total. The molecule has 0 amide bonds. The SMILES string of the molecule is CC(C)(C)Cc1ccc(-c2ccnc(-c3[c-]cccc3)c2)cc1.Cc1ncc[c-]c1-c1cc2c(cn1)-c1ccccc1C2(C)C.[Ir]. The van der Waals surface area contributed by atoms with Crippen molar-refractivity contribution in [1.82, 2.24) is 15.0 Å². The van der Waals surface area contributed by atoms with Gasteiger partial charge in [0.25, 0.3) is 0 Å². The third-order valence-electron chi connectivity index (χ3n) is 8.42. The van der Waals surface area contributed by atoms with E-state index in [-0.39, 0.29) is 25.5 Å². The summed E-state index contributed by atoms with van der Waals surface area (Å²) in [5.41, 5.74) is 14.2. The zero-order chi connectivity index (χ0) is 31.6. The summed E-state index contributed by atoms with van der Waals surface area (Å²) in [7, 11) is 0. The van der Waals surface area contributed by atoms with Crippen LogP contribution >= 0.6 is 0 Å². The Morgan fingerprint density at radius 3 is 2.15 bits per heavy atom. The topological polar surface area (TPSA) is 38.7 Å². The molecule has 1 radical (unpaired) electrons. The van der Waals surface area contributed by atoms with Crippen molar-refractivity contribution in [2.24, 2.45) is 5.41 Å². The van der Waals surface area contributed by atoms with Gasteiger partial charge in [0.2, 0.25) is 0 Å². The quantitative estimate of drug-likeness (QED) is 0.167. The summed E-state index contributed by atoms with van der Waals surface area (Å²) in [6.45, 7) is 13.4. The number of rotatable bonds is 4. The molecule has 0 saturated carbocycles. The molecule has 0 spiro atoms. The maximum Gasteiger partial charge on any atom is 0.0242 e. The fourth-order valence-electron chi connectivity index (χ4n) is 6.17. The van der Waals surface area contributed by atoms with Gasteiger partial charge in [-0.2, -0.15) is 0 Å². The minimum Gasteiger partial charge on any atom is -0.357 e. The summed E-state index contributed by atoms with van der Waals surface area (Å²) < 4.78 is 0. The van der Waals surface area contributed by atoms with Crippen LogP contribution in [0.2, 0.25) is 0 Å². The Morgan fingerprint density at radius 1 is 0.674 bits per heavy atom. The number of benzene rings is 3. The van der Waals surface area contributed by atoms with Crippen molar-refractivity contribution in [1.29, 1.82) is 0 Å². The van der Waals surface area contributed by atoms with E-state index in [1.807, 2.05) is 49.6 Å². The molecule has 6 aromatic rings. The molecule has 0 unspecified atom stereocenters. The summed E-state index contributed by atoms with van der Waals surface area (Å²) in [6, 6.07) is 40.2. The van der Waals surface area contributed by atoms with Crippen LogP contribution in [-0.2, 0) is 31.9 Å². The largest absolute Gasteiger partial charge is 0.357 e. The van der Waals surface area contributed by atoms with E-state index in [0.29, 0.717) is 5.41 Å². The van der Waals surface area contributed by atoms with E-state index in [0.717, 1.165) is 34.6 Å². The molecule has 4 heteroatoms. The number of aromatic nitrogens is 3. The smallest absolute Gasteiger partial charge is 0.0242 e. The first-order valence-corrected chi connectivity index (χ1v) is 15.6. The second kappa shape index (κ2) is 13.6. The van der Waals surface area contributed by atoms with Gasteiger partial charge in [-0.3, -0.25) is 0 Å². The van der Waals surface area contributed by atoms with Crippen LogP contribution in [-0.4, -0.2) is 15.0 Å². The molecule has 3 heterocycles. The van der Waals surface area contributed by atoms with Crippen LogP contribution in [0.3, 0.4) is 0 Å². The van der Waals surface area contributed by atoms with Crippen LogP contribution < -0.4 is 0 Å². The van der Waals surface area contributed by atoms with E-state index < -0.39 is 0 Å². The van der Waals surface area contributed by atoms with Gasteiger partial charge in [0, 0.05) is 43.5 Å². The van der Waals surface area contributed by atoms with E-state index in [9.17, 15) is 0 Å². The minimum absolute atomic E-state index is 0. The number of aryl methyl sites for hydroxylation is 1. The number of fused-ring (bicyclic) bond motifs is 3. The van der Waals surface area contributed by atoms with Gasteiger partial charge in [-0.1, -0.05) is 108 Å². The summed E-state index contributed by atoms with van der Waals surface area (Å²) in [4.78, 5) is 13.5. The standard InChI is InChI=1S/C22H22N.C20H17N2.Ir/c1-22(2,3)16-17-9-11-18(12-10-17)20-13-14-23-21(15-20)19-7-5-4-6-8-19;1-13-14(8-6-10-21-13)19-11-18-16(12-22-19)15-7-4-5-9-17(15)20(18,2)3;/h4-7,9-15H,16H2,1-3H3;4-7,9-12H,1-3H3;/q2*-1;. The Labute approximate surface area is 287 Å². The molecule has 46 heavy (non-hydrogen) atoms. The molecule has 233 valence electrons. The normalized spacial score (nSPS) is 12.7. The Morgan fingerprint density at radius 2 is 1.43 bits per heavy atom. The molecule has 1 aliphatic rings. The molecule has 0 saturated heterocycles. The minimum atomic E-state index is -0.000268. The second-order valence-corrected chi connectivity index (χ2v) is 13.5. The van der Waals surface area contributed by atoms with Crippen molar-refractivity contribution >= 4 is 0 Å². The van der Waals surface area contributed by atoms with Gasteiger partial charge in [-0.05, 0) is 68.4 Å². The first-order valence-electron chi connectivity index (χ1n) is 15.6. The van der Waals surface area contributed by atoms with Crippen LogP contribution in [0, 0.1) is 24.5 Å². The van der Waals surface area contributed by atoms with Crippen LogP contribution in [0.1, 0.15) is 57.0 Å². The zero-order valence-corrected chi connectivity index (χ0v) is 29.7. The van der Waals surface area contributed by atoms with Crippen LogP contribution in [0.4, 0.5) is 0 Å². The number of hydrogen-bond acceptors (Lipinski definition) is 3. The van der Waals surface area contributed by atoms with E-state index in [1.54, 1.807) is 6.20 Å². The molecule has 1 aliphatic carbocycles. The van der Waals surface area contributed by atoms with Gasteiger partial charge in [-0.25, -0.2) is 0 Å². The van der Waals surface area contributed by atoms with Crippen molar-refractivity contribution in [3.05, 3.63) is 150 Å². The van der Waals surface area contributed by atoms with Crippen molar-refractivity contribution in [2.45, 2.75) is 53.4 Å². The Hall–Kier alpha value is -4.24. The number of nitrogens with zero attached hydrogens (tertiary/aromatic N) is 3. The van der Waals surface area contributed by atoms with Gasteiger partial charge in [-0.15, -0.1) is 53.6 Å². The Kier molecular flexibility index (Phi) is 9.82. The predicted octanol–water partition coefficient (Wildman–Crippen LogP) is 10.4. The van der Waals surface area contributed by atoms with Gasteiger partial charge in [0.15, 0.2) is 0 Å². The molecule has 0 atom stereocenters. The average Bonchev–Trinajstić information content (AvgIpc) is 3.27. The number of hydrogen-bond donors (Lipinski definition) is 0. The third-order valence-corrected chi connectivity index (χ3v) is 8.42. The fourth-order valence-corrected chi connectivity index (χ4v) is 6.17. The van der Waals surface area contributed by atoms with Crippen LogP contribution in [0.25, 0.3) is 44.8 Å². The van der Waals surface area contributed by atoms with Crippen molar-refractivity contribution in [3.8, 4) is 44.8 Å². The zero-order valence-electron chi connectivity index (χ0n) is 27.4. The maximum absolute atomic E-state index is 4.67. The predicted molar refractivity (Wildman–Crippen MR) is 186 cm³/mol. The number of pyridine rings is 3. The van der Waals surface area contributed by atoms with Crippen molar-refractivity contribution < 1.29 is 20.1 Å². The van der Waals surface area contributed by atoms with E-state index in [2.05, 4.69) is 128 Å². The van der Waals surface area contributed by atoms with Crippen LogP contribution in [0.15, 0.2) is 116 Å². The van der Waals surface area contributed by atoms with E-state index >= 15 is 0 Å². The Bertz CT molecular complexity index is 1940. The maximum atomic E-state index is 4.67. The average molecular weight is 778 g/mol. The molecule has 3 nitrogen and oxygen atoms in total. The van der Waals surface area contributed by atoms with Crippen molar-refractivity contribution in [3.63, 3.8) is 0 Å². The fraction of sp³-hybridized carbons (Fsp3) is 0.214. The molecule has 0 aliphatic heterocycles. The molecule has 0 fully saturated rings. The first-order chi connectivity index (χ1) is 21.6. The monoisotopic (exact) mass is 778 g/mol. The Balaban J connectivity index is 0.000000177. The summed E-state index contributed by atoms with van der Waals surface area (Å²) >= 11 is 0. The molecular formula is C42H39IrN3-2. The van der Waals surface area contributed by atoms with Crippen molar-refractivity contribution in [2.75, 3.05) is 0 Å². The summed E-state index contributed by atoms with van der Waals surface area (Å²) in [5.74, 6) is 0. The van der Waals surface area contributed by atoms with Gasteiger partial charge in [0.1, 0.15) is 0 Å². The van der Waals surface area contributed by atoms with Crippen LogP contribution in [0.5, 0.6) is 0 Å².